The van der Waals surface area contributed by atoms with Crippen molar-refractivity contribution in [3.8, 4) is 5.75 Å². The number of hydrogen-bond donors (Lipinski definition) is 1. The number of amides is 2. The van der Waals surface area contributed by atoms with E-state index in [1.807, 2.05) is 6.92 Å². The molecule has 0 unspecified atom stereocenters. The lowest BCUT2D eigenvalue weighted by Gasteiger charge is -2.15. The Kier molecular flexibility index (Phi) is 5.25. The van der Waals surface area contributed by atoms with Crippen LogP contribution >= 0.6 is 0 Å². The first-order valence-corrected chi connectivity index (χ1v) is 5.90. The van der Waals surface area contributed by atoms with Crippen molar-refractivity contribution in [2.24, 2.45) is 0 Å². The van der Waals surface area contributed by atoms with Gasteiger partial charge in [0.1, 0.15) is 5.75 Å². The van der Waals surface area contributed by atoms with Crippen molar-refractivity contribution in [1.82, 2.24) is 4.90 Å². The molecule has 5 nitrogen and oxygen atoms in total. The molecule has 0 saturated heterocycles. The van der Waals surface area contributed by atoms with Gasteiger partial charge < -0.3 is 15.0 Å². The third kappa shape index (κ3) is 4.38. The highest BCUT2D eigenvalue weighted by Crippen LogP contribution is 2.26. The summed E-state index contributed by atoms with van der Waals surface area (Å²) < 4.78 is 18.1. The van der Waals surface area contributed by atoms with Crippen molar-refractivity contribution in [1.29, 1.82) is 0 Å². The van der Waals surface area contributed by atoms with E-state index in [-0.39, 0.29) is 18.2 Å². The van der Waals surface area contributed by atoms with Gasteiger partial charge >= 0.3 is 0 Å². The molecule has 20 heavy (non-hydrogen) atoms. The summed E-state index contributed by atoms with van der Waals surface area (Å²) in [7, 11) is 3.22. The molecule has 2 amide bonds. The number of ether oxygens (including phenoxy) is 1. The van der Waals surface area contributed by atoms with Gasteiger partial charge in [0, 0.05) is 14.1 Å². The Morgan fingerprint density at radius 2 is 2.05 bits per heavy atom. The zero-order valence-corrected chi connectivity index (χ0v) is 11.7. The number of nitrogens with one attached hydrogen (secondary N) is 1. The smallest absolute Gasteiger partial charge is 0.283 e. The number of anilines is 1. The van der Waals surface area contributed by atoms with Crippen molar-refractivity contribution in [2.45, 2.75) is 6.92 Å². The van der Waals surface area contributed by atoms with Crippen LogP contribution in [0.4, 0.5) is 10.1 Å². The zero-order valence-electron chi connectivity index (χ0n) is 11.7. The van der Waals surface area contributed by atoms with Gasteiger partial charge in [-0.1, -0.05) is 12.6 Å². The van der Waals surface area contributed by atoms with E-state index in [1.54, 1.807) is 32.3 Å². The maximum absolute atomic E-state index is 12.7. The molecule has 0 saturated carbocycles. The summed E-state index contributed by atoms with van der Waals surface area (Å²) in [5.41, 5.74) is 1.17. The molecule has 0 atom stereocenters. The van der Waals surface area contributed by atoms with E-state index in [0.29, 0.717) is 5.75 Å². The molecule has 0 radical (unpaired) electrons. The molecular formula is C14H17FN2O3. The van der Waals surface area contributed by atoms with Crippen molar-refractivity contribution in [3.05, 3.63) is 36.2 Å². The summed E-state index contributed by atoms with van der Waals surface area (Å²) in [6.07, 6.45) is 0. The second-order valence-electron chi connectivity index (χ2n) is 4.44. The van der Waals surface area contributed by atoms with Gasteiger partial charge in [-0.15, -0.1) is 0 Å². The summed E-state index contributed by atoms with van der Waals surface area (Å²) in [6, 6.07) is 4.96. The number of likely N-dealkylation sites (N-methyl/N-ethyl adjacent to an activating group) is 1. The number of hydrogen-bond acceptors (Lipinski definition) is 3. The number of halogens is 1. The van der Waals surface area contributed by atoms with Crippen LogP contribution in [-0.2, 0) is 9.59 Å². The van der Waals surface area contributed by atoms with Crippen LogP contribution in [0.5, 0.6) is 5.75 Å². The van der Waals surface area contributed by atoms with E-state index >= 15 is 0 Å². The second-order valence-corrected chi connectivity index (χ2v) is 4.44. The maximum atomic E-state index is 12.7. The predicted molar refractivity (Wildman–Crippen MR) is 74.2 cm³/mol. The molecule has 1 rings (SSSR count). The van der Waals surface area contributed by atoms with Crippen LogP contribution in [0.2, 0.25) is 0 Å². The Morgan fingerprint density at radius 3 is 2.60 bits per heavy atom. The summed E-state index contributed by atoms with van der Waals surface area (Å²) in [6.45, 7) is 4.58. The third-order valence-corrected chi connectivity index (χ3v) is 2.48. The summed E-state index contributed by atoms with van der Waals surface area (Å²) >= 11 is 0. The number of carbonyl (C=O) groups is 2. The minimum atomic E-state index is -1.10. The molecule has 1 N–H and O–H groups in total. The van der Waals surface area contributed by atoms with Crippen LogP contribution in [0.3, 0.4) is 0 Å². The number of nitrogens with zero attached hydrogens (tertiary/aromatic N) is 1. The number of carbonyl (C=O) groups excluding carboxylic acids is 2. The highest BCUT2D eigenvalue weighted by atomic mass is 19.1. The topological polar surface area (TPSA) is 58.6 Å². The number of benzene rings is 1. The lowest BCUT2D eigenvalue weighted by molar-refractivity contribution is -0.130. The van der Waals surface area contributed by atoms with Crippen LogP contribution in [0.25, 0.3) is 0 Å². The minimum absolute atomic E-state index is 0.171. The highest BCUT2D eigenvalue weighted by Gasteiger charge is 2.12. The monoisotopic (exact) mass is 280 g/mol. The lowest BCUT2D eigenvalue weighted by atomic mass is 10.2. The quantitative estimate of drug-likeness (QED) is 0.838. The molecule has 0 aliphatic carbocycles. The largest absolute Gasteiger partial charge is 0.482 e. The Hall–Kier alpha value is -2.37. The Labute approximate surface area is 117 Å². The van der Waals surface area contributed by atoms with Crippen molar-refractivity contribution < 1.29 is 18.7 Å². The van der Waals surface area contributed by atoms with Gasteiger partial charge in [0.15, 0.2) is 12.4 Å². The van der Waals surface area contributed by atoms with Crippen molar-refractivity contribution >= 4 is 17.5 Å². The average Bonchev–Trinajstić information content (AvgIpc) is 2.38. The maximum Gasteiger partial charge on any atom is 0.283 e. The van der Waals surface area contributed by atoms with Crippen LogP contribution in [0.1, 0.15) is 5.56 Å². The Morgan fingerprint density at radius 1 is 1.40 bits per heavy atom. The van der Waals surface area contributed by atoms with Crippen molar-refractivity contribution in [2.75, 3.05) is 26.0 Å². The van der Waals surface area contributed by atoms with Gasteiger partial charge in [-0.3, -0.25) is 9.59 Å². The van der Waals surface area contributed by atoms with E-state index in [9.17, 15) is 14.0 Å². The average molecular weight is 280 g/mol. The van der Waals surface area contributed by atoms with Gasteiger partial charge in [0.05, 0.1) is 5.69 Å². The SMILES string of the molecule is C=C(F)C(=O)Nc1ccc(C)cc1OCC(=O)N(C)C. The zero-order chi connectivity index (χ0) is 15.3. The standard InChI is InChI=1S/C14H17FN2O3/c1-9-5-6-11(16-14(19)10(2)15)12(7-9)20-8-13(18)17(3)4/h5-7H,2,8H2,1,3-4H3,(H,16,19). The Bertz CT molecular complexity index is 541. The Balaban J connectivity index is 2.87. The first kappa shape index (κ1) is 15.7. The molecule has 0 aliphatic rings. The molecule has 0 fully saturated rings. The molecule has 1 aromatic rings. The van der Waals surface area contributed by atoms with E-state index in [4.69, 9.17) is 4.74 Å². The fourth-order valence-electron chi connectivity index (χ4n) is 1.31. The number of rotatable bonds is 5. The first-order valence-electron chi connectivity index (χ1n) is 5.90. The van der Waals surface area contributed by atoms with Gasteiger partial charge in [0.25, 0.3) is 11.8 Å². The molecule has 0 spiro atoms. The van der Waals surface area contributed by atoms with Crippen LogP contribution in [0, 0.1) is 6.92 Å². The van der Waals surface area contributed by atoms with E-state index < -0.39 is 11.7 Å². The fourth-order valence-corrected chi connectivity index (χ4v) is 1.31. The van der Waals surface area contributed by atoms with Gasteiger partial charge in [-0.05, 0) is 24.6 Å². The molecule has 6 heteroatoms. The fraction of sp³-hybridized carbons (Fsp3) is 0.286. The van der Waals surface area contributed by atoms with E-state index in [0.717, 1.165) is 5.56 Å². The van der Waals surface area contributed by atoms with Gasteiger partial charge in [-0.2, -0.15) is 0 Å². The predicted octanol–water partition coefficient (Wildman–Crippen LogP) is 1.88. The molecule has 108 valence electrons. The molecule has 0 aliphatic heterocycles. The summed E-state index contributed by atoms with van der Waals surface area (Å²) in [5, 5.41) is 2.33. The van der Waals surface area contributed by atoms with E-state index in [1.165, 1.54) is 4.90 Å². The molecular weight excluding hydrogens is 263 g/mol. The molecule has 0 aromatic heterocycles. The van der Waals surface area contributed by atoms with Crippen LogP contribution in [-0.4, -0.2) is 37.4 Å². The van der Waals surface area contributed by atoms with Crippen molar-refractivity contribution in [3.63, 3.8) is 0 Å². The molecule has 0 heterocycles. The third-order valence-electron chi connectivity index (χ3n) is 2.48. The molecule has 0 bridgehead atoms. The second kappa shape index (κ2) is 6.70. The van der Waals surface area contributed by atoms with E-state index in [2.05, 4.69) is 11.9 Å². The summed E-state index contributed by atoms with van der Waals surface area (Å²) in [4.78, 5) is 24.1. The van der Waals surface area contributed by atoms with Crippen LogP contribution in [0.15, 0.2) is 30.6 Å². The van der Waals surface area contributed by atoms with Crippen LogP contribution < -0.4 is 10.1 Å². The minimum Gasteiger partial charge on any atom is -0.482 e. The first-order chi connectivity index (χ1) is 9.31. The van der Waals surface area contributed by atoms with Gasteiger partial charge in [0.2, 0.25) is 0 Å². The van der Waals surface area contributed by atoms with Gasteiger partial charge in [-0.25, -0.2) is 4.39 Å². The normalized spacial score (nSPS) is 9.80. The summed E-state index contributed by atoms with van der Waals surface area (Å²) in [5.74, 6) is -1.97. The lowest BCUT2D eigenvalue weighted by Crippen LogP contribution is -2.27. The molecule has 1 aromatic carbocycles. The highest BCUT2D eigenvalue weighted by molar-refractivity contribution is 6.02. The number of aryl methyl sites for hydroxylation is 1.